The van der Waals surface area contributed by atoms with E-state index in [1.165, 1.54) is 12.5 Å². The van der Waals surface area contributed by atoms with Crippen LogP contribution in [0.3, 0.4) is 0 Å². The number of hydrogen-bond acceptors (Lipinski definition) is 2. The lowest BCUT2D eigenvalue weighted by molar-refractivity contribution is -0.131. The van der Waals surface area contributed by atoms with Crippen LogP contribution in [0.25, 0.3) is 0 Å². The zero-order valence-corrected chi connectivity index (χ0v) is 13.4. The second kappa shape index (κ2) is 6.55. The molecule has 0 unspecified atom stereocenters. The van der Waals surface area contributed by atoms with Crippen molar-refractivity contribution in [2.45, 2.75) is 57.3 Å². The Morgan fingerprint density at radius 2 is 2.14 bits per heavy atom. The van der Waals surface area contributed by atoms with Crippen LogP contribution < -0.4 is 5.32 Å². The summed E-state index contributed by atoms with van der Waals surface area (Å²) in [5, 5.41) is 3.19. The second-order valence-electron chi connectivity index (χ2n) is 6.33. The largest absolute Gasteiger partial charge is 0.370 e. The predicted molar refractivity (Wildman–Crippen MR) is 83.2 cm³/mol. The fourth-order valence-electron chi connectivity index (χ4n) is 3.78. The van der Waals surface area contributed by atoms with Gasteiger partial charge in [-0.1, -0.05) is 30.5 Å². The summed E-state index contributed by atoms with van der Waals surface area (Å²) in [4.78, 5) is 11.5. The van der Waals surface area contributed by atoms with Crippen LogP contribution in [0.15, 0.2) is 18.2 Å². The van der Waals surface area contributed by atoms with Crippen LogP contribution >= 0.6 is 11.6 Å². The number of rotatable bonds is 2. The van der Waals surface area contributed by atoms with Gasteiger partial charge in [-0.15, -0.1) is 0 Å². The van der Waals surface area contributed by atoms with Gasteiger partial charge in [0.15, 0.2) is 0 Å². The SMILES string of the molecule is CC(=O)N[C@@H]1C[C@H](c2ccc(F)c(Cl)c2)O[C@@H]2CCCC[C@@H]12. The summed E-state index contributed by atoms with van der Waals surface area (Å²) in [6.07, 6.45) is 5.18. The number of fused-ring (bicyclic) bond motifs is 1. The standard InChI is InChI=1S/C17H21ClFNO2/c1-10(21)20-15-9-17(11-6-7-14(19)13(18)8-11)22-16-5-3-2-4-12(15)16/h6-8,12,15-17H,2-5,9H2,1H3,(H,20,21)/t12-,15+,16+,17+/m0/s1. The Balaban J connectivity index is 1.82. The Morgan fingerprint density at radius 1 is 1.36 bits per heavy atom. The molecule has 1 heterocycles. The molecule has 5 heteroatoms. The first-order valence-electron chi connectivity index (χ1n) is 7.92. The molecule has 1 N–H and O–H groups in total. The van der Waals surface area contributed by atoms with Crippen LogP contribution in [-0.2, 0) is 9.53 Å². The van der Waals surface area contributed by atoms with Crippen molar-refractivity contribution in [1.82, 2.24) is 5.32 Å². The summed E-state index contributed by atoms with van der Waals surface area (Å²) in [5.74, 6) is -0.0490. The molecule has 22 heavy (non-hydrogen) atoms. The Hall–Kier alpha value is -1.13. The van der Waals surface area contributed by atoms with E-state index in [2.05, 4.69) is 5.32 Å². The molecule has 1 amide bonds. The number of carbonyl (C=O) groups excluding carboxylic acids is 1. The minimum absolute atomic E-state index is 0.00730. The molecule has 0 aromatic heterocycles. The molecule has 1 saturated carbocycles. The van der Waals surface area contributed by atoms with E-state index in [0.717, 1.165) is 24.8 Å². The van der Waals surface area contributed by atoms with Gasteiger partial charge in [0.05, 0.1) is 17.2 Å². The summed E-state index contributed by atoms with van der Waals surface area (Å²) < 4.78 is 19.6. The van der Waals surface area contributed by atoms with Crippen molar-refractivity contribution >= 4 is 17.5 Å². The molecular weight excluding hydrogens is 305 g/mol. The molecule has 1 saturated heterocycles. The highest BCUT2D eigenvalue weighted by Gasteiger charge is 2.40. The van der Waals surface area contributed by atoms with Crippen molar-refractivity contribution in [1.29, 1.82) is 0 Å². The second-order valence-corrected chi connectivity index (χ2v) is 6.73. The van der Waals surface area contributed by atoms with Crippen LogP contribution in [-0.4, -0.2) is 18.1 Å². The van der Waals surface area contributed by atoms with Crippen molar-refractivity contribution < 1.29 is 13.9 Å². The van der Waals surface area contributed by atoms with Gasteiger partial charge in [-0.2, -0.15) is 0 Å². The number of carbonyl (C=O) groups is 1. The van der Waals surface area contributed by atoms with Gasteiger partial charge in [0.1, 0.15) is 5.82 Å². The van der Waals surface area contributed by atoms with Crippen molar-refractivity contribution in [3.8, 4) is 0 Å². The van der Waals surface area contributed by atoms with E-state index in [1.807, 2.05) is 0 Å². The first-order chi connectivity index (χ1) is 10.5. The molecule has 3 rings (SSSR count). The van der Waals surface area contributed by atoms with E-state index in [4.69, 9.17) is 16.3 Å². The number of halogens is 2. The summed E-state index contributed by atoms with van der Waals surface area (Å²) in [6, 6.07) is 4.85. The third-order valence-corrected chi connectivity index (χ3v) is 5.07. The van der Waals surface area contributed by atoms with Crippen LogP contribution in [0.1, 0.15) is 50.7 Å². The highest BCUT2D eigenvalue weighted by molar-refractivity contribution is 6.30. The Kier molecular flexibility index (Phi) is 4.69. The summed E-state index contributed by atoms with van der Waals surface area (Å²) in [5.41, 5.74) is 0.880. The maximum atomic E-state index is 13.4. The van der Waals surface area contributed by atoms with E-state index < -0.39 is 5.82 Å². The van der Waals surface area contributed by atoms with E-state index in [-0.39, 0.29) is 29.2 Å². The van der Waals surface area contributed by atoms with E-state index in [1.54, 1.807) is 19.1 Å². The maximum absolute atomic E-state index is 13.4. The monoisotopic (exact) mass is 325 g/mol. The molecule has 1 aromatic carbocycles. The average molecular weight is 326 g/mol. The third kappa shape index (κ3) is 3.28. The first kappa shape index (κ1) is 15.8. The predicted octanol–water partition coefficient (Wildman–Crippen LogP) is 4.00. The zero-order valence-electron chi connectivity index (χ0n) is 12.6. The van der Waals surface area contributed by atoms with Crippen LogP contribution in [0.2, 0.25) is 5.02 Å². The van der Waals surface area contributed by atoms with Gasteiger partial charge in [0, 0.05) is 18.9 Å². The van der Waals surface area contributed by atoms with Crippen LogP contribution in [0.5, 0.6) is 0 Å². The molecule has 0 radical (unpaired) electrons. The number of nitrogens with one attached hydrogen (secondary N) is 1. The van der Waals surface area contributed by atoms with E-state index in [9.17, 15) is 9.18 Å². The quantitative estimate of drug-likeness (QED) is 0.892. The molecule has 4 atom stereocenters. The van der Waals surface area contributed by atoms with Crippen molar-refractivity contribution in [3.05, 3.63) is 34.6 Å². The Bertz CT molecular complexity index is 566. The average Bonchev–Trinajstić information content (AvgIpc) is 2.49. The number of ether oxygens (including phenoxy) is 1. The molecule has 2 fully saturated rings. The molecule has 2 aliphatic rings. The summed E-state index contributed by atoms with van der Waals surface area (Å²) in [6.45, 7) is 1.55. The number of benzene rings is 1. The van der Waals surface area contributed by atoms with Crippen molar-refractivity contribution in [2.75, 3.05) is 0 Å². The highest BCUT2D eigenvalue weighted by atomic mass is 35.5. The van der Waals surface area contributed by atoms with Crippen LogP contribution in [0, 0.1) is 11.7 Å². The number of amides is 1. The van der Waals surface area contributed by atoms with Crippen molar-refractivity contribution in [2.24, 2.45) is 5.92 Å². The lowest BCUT2D eigenvalue weighted by atomic mass is 9.76. The molecule has 3 nitrogen and oxygen atoms in total. The smallest absolute Gasteiger partial charge is 0.217 e. The normalized spacial score (nSPS) is 31.4. The van der Waals surface area contributed by atoms with Gasteiger partial charge in [-0.3, -0.25) is 4.79 Å². The minimum atomic E-state index is -0.421. The van der Waals surface area contributed by atoms with Crippen molar-refractivity contribution in [3.63, 3.8) is 0 Å². The fraction of sp³-hybridized carbons (Fsp3) is 0.588. The lowest BCUT2D eigenvalue weighted by Crippen LogP contribution is -2.50. The summed E-state index contributed by atoms with van der Waals surface area (Å²) >= 11 is 5.89. The van der Waals surface area contributed by atoms with Gasteiger partial charge in [0.2, 0.25) is 5.91 Å². The fourth-order valence-corrected chi connectivity index (χ4v) is 3.97. The number of hydrogen-bond donors (Lipinski definition) is 1. The van der Waals surface area contributed by atoms with Gasteiger partial charge in [-0.05, 0) is 37.0 Å². The van der Waals surface area contributed by atoms with Gasteiger partial charge < -0.3 is 10.1 Å². The van der Waals surface area contributed by atoms with Gasteiger partial charge in [0.25, 0.3) is 0 Å². The first-order valence-corrected chi connectivity index (χ1v) is 8.30. The van der Waals surface area contributed by atoms with Gasteiger partial charge in [-0.25, -0.2) is 4.39 Å². The molecule has 1 aromatic rings. The summed E-state index contributed by atoms with van der Waals surface area (Å²) in [7, 11) is 0. The van der Waals surface area contributed by atoms with E-state index in [0.29, 0.717) is 12.3 Å². The lowest BCUT2D eigenvalue weighted by Gasteiger charge is -2.45. The topological polar surface area (TPSA) is 38.3 Å². The van der Waals surface area contributed by atoms with E-state index >= 15 is 0 Å². The molecule has 0 spiro atoms. The minimum Gasteiger partial charge on any atom is -0.370 e. The van der Waals surface area contributed by atoms with Crippen LogP contribution in [0.4, 0.5) is 4.39 Å². The molecule has 120 valence electrons. The molecular formula is C17H21ClFNO2. The highest BCUT2D eigenvalue weighted by Crippen LogP contribution is 2.41. The molecule has 1 aliphatic carbocycles. The molecule has 1 aliphatic heterocycles. The maximum Gasteiger partial charge on any atom is 0.217 e. The Morgan fingerprint density at radius 3 is 2.86 bits per heavy atom. The van der Waals surface area contributed by atoms with Gasteiger partial charge >= 0.3 is 0 Å². The molecule has 0 bridgehead atoms. The third-order valence-electron chi connectivity index (χ3n) is 4.78. The zero-order chi connectivity index (χ0) is 15.7. The Labute approximate surface area is 135 Å².